The molecule has 0 N–H and O–H groups in total. The van der Waals surface area contributed by atoms with Crippen molar-refractivity contribution in [2.45, 2.75) is 18.1 Å². The third kappa shape index (κ3) is 5.11. The number of carbonyl (C=O) groups excluding carboxylic acids is 1. The molecule has 0 aliphatic carbocycles. The summed E-state index contributed by atoms with van der Waals surface area (Å²) in [6.07, 6.45) is 0.755. The smallest absolute Gasteiger partial charge is 0.233 e. The number of nitrogens with zero attached hydrogens (tertiary/aromatic N) is 4. The summed E-state index contributed by atoms with van der Waals surface area (Å²) in [5.74, 6) is 2.06. The van der Waals surface area contributed by atoms with E-state index >= 15 is 0 Å². The maximum atomic E-state index is 12.5. The predicted molar refractivity (Wildman–Crippen MR) is 108 cm³/mol. The van der Waals surface area contributed by atoms with Crippen LogP contribution in [0.15, 0.2) is 46.9 Å². The molecule has 0 bridgehead atoms. The van der Waals surface area contributed by atoms with Gasteiger partial charge in [-0.05, 0) is 29.1 Å². The molecule has 2 heterocycles. The maximum absolute atomic E-state index is 12.5. The number of ether oxygens (including phenoxy) is 1. The molecule has 0 saturated carbocycles. The Kier molecular flexibility index (Phi) is 6.52. The van der Waals surface area contributed by atoms with Crippen LogP contribution in [-0.4, -0.2) is 45.5 Å². The Balaban J connectivity index is 1.54. The highest BCUT2D eigenvalue weighted by molar-refractivity contribution is 7.99. The molecule has 0 aliphatic rings. The first-order chi connectivity index (χ1) is 13.1. The zero-order chi connectivity index (χ0) is 19.2. The molecule has 3 aromatic rings. The zero-order valence-corrected chi connectivity index (χ0v) is 17.2. The highest BCUT2D eigenvalue weighted by Crippen LogP contribution is 2.20. The van der Waals surface area contributed by atoms with Gasteiger partial charge in [0.2, 0.25) is 5.91 Å². The van der Waals surface area contributed by atoms with Crippen LogP contribution in [0, 0.1) is 0 Å². The number of rotatable bonds is 8. The molecule has 0 spiro atoms. The molecule has 6 nitrogen and oxygen atoms in total. The summed E-state index contributed by atoms with van der Waals surface area (Å²) >= 11 is 3.12. The van der Waals surface area contributed by atoms with Gasteiger partial charge in [-0.3, -0.25) is 4.79 Å². The van der Waals surface area contributed by atoms with Crippen molar-refractivity contribution in [3.8, 4) is 5.75 Å². The lowest BCUT2D eigenvalue weighted by Crippen LogP contribution is -2.27. The fraction of sp³-hybridized carbons (Fsp3) is 0.316. The molecule has 0 atom stereocenters. The van der Waals surface area contributed by atoms with Crippen LogP contribution in [0.2, 0.25) is 0 Å². The summed E-state index contributed by atoms with van der Waals surface area (Å²) in [4.78, 5) is 15.4. The second-order valence-corrected chi connectivity index (χ2v) is 8.08. The highest BCUT2D eigenvalue weighted by Gasteiger charge is 2.15. The minimum absolute atomic E-state index is 0.0469. The third-order valence-electron chi connectivity index (χ3n) is 4.14. The molecule has 0 saturated heterocycles. The quantitative estimate of drug-likeness (QED) is 0.542. The summed E-state index contributed by atoms with van der Waals surface area (Å²) in [5.41, 5.74) is 1.03. The average Bonchev–Trinajstić information content (AvgIpc) is 3.31. The van der Waals surface area contributed by atoms with E-state index < -0.39 is 0 Å². The van der Waals surface area contributed by atoms with Gasteiger partial charge >= 0.3 is 0 Å². The highest BCUT2D eigenvalue weighted by atomic mass is 32.2. The number of aromatic nitrogens is 3. The SMILES string of the molecule is COc1cccc(CN(C)C(=O)CSc2nnc(Cc3cccs3)n2C)c1. The Morgan fingerprint density at radius 1 is 1.30 bits per heavy atom. The first-order valence-corrected chi connectivity index (χ1v) is 10.3. The lowest BCUT2D eigenvalue weighted by Gasteiger charge is -2.17. The molecule has 27 heavy (non-hydrogen) atoms. The molecular formula is C19H22N4O2S2. The Hall–Kier alpha value is -2.32. The minimum Gasteiger partial charge on any atom is -0.497 e. The van der Waals surface area contributed by atoms with E-state index in [4.69, 9.17) is 4.74 Å². The molecular weight excluding hydrogens is 380 g/mol. The normalized spacial score (nSPS) is 10.8. The van der Waals surface area contributed by atoms with Crippen LogP contribution in [0.25, 0.3) is 0 Å². The Labute approximate surface area is 167 Å². The summed E-state index contributed by atoms with van der Waals surface area (Å²) < 4.78 is 7.19. The molecule has 1 amide bonds. The van der Waals surface area contributed by atoms with Crippen molar-refractivity contribution in [3.05, 3.63) is 58.0 Å². The fourth-order valence-corrected chi connectivity index (χ4v) is 4.14. The van der Waals surface area contributed by atoms with Crippen LogP contribution >= 0.6 is 23.1 Å². The number of methoxy groups -OCH3 is 1. The number of thiophene rings is 1. The first kappa shape index (κ1) is 19.4. The summed E-state index contributed by atoms with van der Waals surface area (Å²) in [7, 11) is 5.38. The van der Waals surface area contributed by atoms with Gasteiger partial charge in [0, 0.05) is 31.9 Å². The van der Waals surface area contributed by atoms with Crippen molar-refractivity contribution >= 4 is 29.0 Å². The van der Waals surface area contributed by atoms with Gasteiger partial charge in [0.1, 0.15) is 11.6 Å². The van der Waals surface area contributed by atoms with Gasteiger partial charge in [0.15, 0.2) is 5.16 Å². The average molecular weight is 403 g/mol. The Bertz CT molecular complexity index is 893. The largest absolute Gasteiger partial charge is 0.497 e. The van der Waals surface area contributed by atoms with Crippen molar-refractivity contribution in [3.63, 3.8) is 0 Å². The van der Waals surface area contributed by atoms with Gasteiger partial charge in [0.05, 0.1) is 12.9 Å². The maximum Gasteiger partial charge on any atom is 0.233 e. The molecule has 2 aromatic heterocycles. The van der Waals surface area contributed by atoms with Gasteiger partial charge in [-0.15, -0.1) is 21.5 Å². The van der Waals surface area contributed by atoms with E-state index in [1.807, 2.05) is 41.9 Å². The Morgan fingerprint density at radius 2 is 2.15 bits per heavy atom. The molecule has 0 aliphatic heterocycles. The minimum atomic E-state index is 0.0469. The molecule has 0 unspecified atom stereocenters. The van der Waals surface area contributed by atoms with Gasteiger partial charge in [-0.2, -0.15) is 0 Å². The van der Waals surface area contributed by atoms with E-state index in [1.54, 1.807) is 30.4 Å². The molecule has 142 valence electrons. The van der Waals surface area contributed by atoms with Crippen LogP contribution in [-0.2, 0) is 24.8 Å². The monoisotopic (exact) mass is 402 g/mol. The van der Waals surface area contributed by atoms with Gasteiger partial charge in [0.25, 0.3) is 0 Å². The van der Waals surface area contributed by atoms with Gasteiger partial charge in [-0.1, -0.05) is 30.0 Å². The fourth-order valence-electron chi connectivity index (χ4n) is 2.56. The van der Waals surface area contributed by atoms with E-state index in [0.717, 1.165) is 28.7 Å². The first-order valence-electron chi connectivity index (χ1n) is 8.47. The number of amides is 1. The van der Waals surface area contributed by atoms with E-state index in [-0.39, 0.29) is 5.91 Å². The van der Waals surface area contributed by atoms with Crippen LogP contribution < -0.4 is 4.74 Å². The second kappa shape index (κ2) is 9.05. The molecule has 0 fully saturated rings. The van der Waals surface area contributed by atoms with Crippen molar-refractivity contribution in [2.24, 2.45) is 7.05 Å². The summed E-state index contributed by atoms with van der Waals surface area (Å²) in [6.45, 7) is 0.541. The zero-order valence-electron chi connectivity index (χ0n) is 15.6. The third-order valence-corrected chi connectivity index (χ3v) is 6.02. The van der Waals surface area contributed by atoms with Crippen molar-refractivity contribution < 1.29 is 9.53 Å². The summed E-state index contributed by atoms with van der Waals surface area (Å²) in [5, 5.41) is 11.3. The second-order valence-electron chi connectivity index (χ2n) is 6.10. The Morgan fingerprint density at radius 3 is 2.89 bits per heavy atom. The van der Waals surface area contributed by atoms with E-state index in [2.05, 4.69) is 21.6 Å². The van der Waals surface area contributed by atoms with Crippen molar-refractivity contribution in [1.82, 2.24) is 19.7 Å². The van der Waals surface area contributed by atoms with Gasteiger partial charge < -0.3 is 14.2 Å². The number of carbonyl (C=O) groups is 1. The number of benzene rings is 1. The molecule has 3 rings (SSSR count). The van der Waals surface area contributed by atoms with Crippen molar-refractivity contribution in [1.29, 1.82) is 0 Å². The summed E-state index contributed by atoms with van der Waals surface area (Å²) in [6, 6.07) is 11.9. The number of thioether (sulfide) groups is 1. The standard InChI is InChI=1S/C19H22N4O2S2/c1-22(12-14-6-4-7-15(10-14)25-3)18(24)13-27-19-21-20-17(23(19)2)11-16-8-5-9-26-16/h4-10H,11-13H2,1-3H3. The van der Waals surface area contributed by atoms with Gasteiger partial charge in [-0.25, -0.2) is 0 Å². The van der Waals surface area contributed by atoms with E-state index in [0.29, 0.717) is 12.3 Å². The lowest BCUT2D eigenvalue weighted by atomic mass is 10.2. The van der Waals surface area contributed by atoms with Crippen LogP contribution in [0.4, 0.5) is 0 Å². The van der Waals surface area contributed by atoms with E-state index in [1.165, 1.54) is 16.6 Å². The van der Waals surface area contributed by atoms with Crippen LogP contribution in [0.5, 0.6) is 5.75 Å². The van der Waals surface area contributed by atoms with Crippen LogP contribution in [0.3, 0.4) is 0 Å². The van der Waals surface area contributed by atoms with E-state index in [9.17, 15) is 4.79 Å². The topological polar surface area (TPSA) is 60.2 Å². The molecule has 0 radical (unpaired) electrons. The van der Waals surface area contributed by atoms with Crippen molar-refractivity contribution in [2.75, 3.05) is 19.9 Å². The molecule has 8 heteroatoms. The van der Waals surface area contributed by atoms with Crippen LogP contribution in [0.1, 0.15) is 16.3 Å². The number of hydrogen-bond donors (Lipinski definition) is 0. The lowest BCUT2D eigenvalue weighted by molar-refractivity contribution is -0.127. The predicted octanol–water partition coefficient (Wildman–Crippen LogP) is 3.23. The molecule has 1 aromatic carbocycles. The number of hydrogen-bond acceptors (Lipinski definition) is 6.